The lowest BCUT2D eigenvalue weighted by molar-refractivity contribution is 0.337. The molecular weight excluding hydrogens is 298 g/mol. The maximum Gasteiger partial charge on any atom is 0.197 e. The first-order chi connectivity index (χ1) is 10.7. The summed E-state index contributed by atoms with van der Waals surface area (Å²) in [4.78, 5) is 11.8. The van der Waals surface area contributed by atoms with Gasteiger partial charge in [-0.2, -0.15) is 0 Å². The number of para-hydroxylation sites is 2. The van der Waals surface area contributed by atoms with E-state index in [0.717, 1.165) is 28.0 Å². The third-order valence-electron chi connectivity index (χ3n) is 3.41. The SMILES string of the molecule is CCOc1ccnc(C[S@](=O)c2nc3ccccc3[nH]2)c1C. The Hall–Kier alpha value is -2.21. The highest BCUT2D eigenvalue weighted by molar-refractivity contribution is 7.84. The van der Waals surface area contributed by atoms with E-state index < -0.39 is 10.8 Å². The molecule has 114 valence electrons. The fourth-order valence-corrected chi connectivity index (χ4v) is 3.35. The number of nitrogens with zero attached hydrogens (tertiary/aromatic N) is 2. The highest BCUT2D eigenvalue weighted by Gasteiger charge is 2.14. The van der Waals surface area contributed by atoms with Gasteiger partial charge in [-0.15, -0.1) is 0 Å². The average molecular weight is 315 g/mol. The number of hydrogen-bond acceptors (Lipinski definition) is 4. The molecule has 0 radical (unpaired) electrons. The second-order valence-electron chi connectivity index (χ2n) is 4.86. The van der Waals surface area contributed by atoms with E-state index in [0.29, 0.717) is 17.5 Å². The first kappa shape index (κ1) is 14.7. The van der Waals surface area contributed by atoms with Gasteiger partial charge in [0.25, 0.3) is 0 Å². The number of nitrogens with one attached hydrogen (secondary N) is 1. The fraction of sp³-hybridized carbons (Fsp3) is 0.250. The van der Waals surface area contributed by atoms with Crippen LogP contribution in [0.1, 0.15) is 18.2 Å². The van der Waals surface area contributed by atoms with Gasteiger partial charge in [-0.3, -0.25) is 9.19 Å². The van der Waals surface area contributed by atoms with Crippen LogP contribution in [0.15, 0.2) is 41.7 Å². The molecular formula is C16H17N3O2S. The molecule has 2 heterocycles. The van der Waals surface area contributed by atoms with Crippen LogP contribution in [-0.4, -0.2) is 25.8 Å². The normalized spacial score (nSPS) is 12.5. The average Bonchev–Trinajstić information content (AvgIpc) is 2.95. The number of hydrogen-bond donors (Lipinski definition) is 1. The number of benzene rings is 1. The molecule has 0 saturated heterocycles. The van der Waals surface area contributed by atoms with Gasteiger partial charge < -0.3 is 9.72 Å². The zero-order chi connectivity index (χ0) is 15.5. The minimum absolute atomic E-state index is 0.312. The summed E-state index contributed by atoms with van der Waals surface area (Å²) in [6.45, 7) is 4.46. The van der Waals surface area contributed by atoms with E-state index in [1.165, 1.54) is 0 Å². The van der Waals surface area contributed by atoms with Crippen molar-refractivity contribution in [2.45, 2.75) is 24.8 Å². The summed E-state index contributed by atoms with van der Waals surface area (Å²) < 4.78 is 18.1. The first-order valence-electron chi connectivity index (χ1n) is 7.09. The Labute approximate surface area is 131 Å². The molecule has 0 amide bonds. The van der Waals surface area contributed by atoms with Crippen molar-refractivity contribution in [2.75, 3.05) is 6.61 Å². The summed E-state index contributed by atoms with van der Waals surface area (Å²) in [5.41, 5.74) is 3.40. The maximum absolute atomic E-state index is 12.5. The number of fused-ring (bicyclic) bond motifs is 1. The van der Waals surface area contributed by atoms with Gasteiger partial charge in [0.2, 0.25) is 0 Å². The van der Waals surface area contributed by atoms with Gasteiger partial charge in [-0.1, -0.05) is 12.1 Å². The van der Waals surface area contributed by atoms with Crippen molar-refractivity contribution in [1.29, 1.82) is 0 Å². The fourth-order valence-electron chi connectivity index (χ4n) is 2.25. The lowest BCUT2D eigenvalue weighted by atomic mass is 10.2. The number of aromatic nitrogens is 3. The van der Waals surface area contributed by atoms with Gasteiger partial charge in [0.15, 0.2) is 5.16 Å². The van der Waals surface area contributed by atoms with Crippen LogP contribution in [0.2, 0.25) is 0 Å². The molecule has 0 unspecified atom stereocenters. The third-order valence-corrected chi connectivity index (χ3v) is 4.57. The van der Waals surface area contributed by atoms with Crippen molar-refractivity contribution in [3.8, 4) is 5.75 Å². The molecule has 0 bridgehead atoms. The molecule has 0 spiro atoms. The van der Waals surface area contributed by atoms with Crippen LogP contribution in [0.4, 0.5) is 0 Å². The molecule has 1 atom stereocenters. The van der Waals surface area contributed by atoms with Gasteiger partial charge in [0.05, 0.1) is 39.9 Å². The molecule has 0 saturated carbocycles. The van der Waals surface area contributed by atoms with E-state index in [9.17, 15) is 4.21 Å². The molecule has 2 aromatic heterocycles. The minimum atomic E-state index is -1.27. The Morgan fingerprint density at radius 1 is 1.27 bits per heavy atom. The molecule has 0 fully saturated rings. The van der Waals surface area contributed by atoms with Gasteiger partial charge >= 0.3 is 0 Å². The van der Waals surface area contributed by atoms with Gasteiger partial charge in [-0.05, 0) is 32.0 Å². The predicted octanol–water partition coefficient (Wildman–Crippen LogP) is 2.97. The smallest absolute Gasteiger partial charge is 0.197 e. The molecule has 22 heavy (non-hydrogen) atoms. The standard InChI is InChI=1S/C16H17N3O2S/c1-3-21-15-8-9-17-14(11(15)2)10-22(20)16-18-12-6-4-5-7-13(12)19-16/h4-9H,3,10H2,1-2H3,(H,18,19)/t22-/m0/s1. The Balaban J connectivity index is 1.86. The summed E-state index contributed by atoms with van der Waals surface area (Å²) in [6, 6.07) is 9.47. The Kier molecular flexibility index (Phi) is 4.20. The lowest BCUT2D eigenvalue weighted by Crippen LogP contribution is -2.04. The van der Waals surface area contributed by atoms with Gasteiger partial charge in [-0.25, -0.2) is 4.98 Å². The molecule has 3 rings (SSSR count). The summed E-state index contributed by atoms with van der Waals surface area (Å²) in [6.07, 6.45) is 1.68. The number of ether oxygens (including phenoxy) is 1. The topological polar surface area (TPSA) is 67.9 Å². The summed E-state index contributed by atoms with van der Waals surface area (Å²) in [5.74, 6) is 1.10. The Morgan fingerprint density at radius 2 is 2.09 bits per heavy atom. The van der Waals surface area contributed by atoms with E-state index in [4.69, 9.17) is 4.74 Å². The molecule has 1 N–H and O–H groups in total. The molecule has 0 aliphatic rings. The molecule has 1 aromatic carbocycles. The largest absolute Gasteiger partial charge is 0.493 e. The van der Waals surface area contributed by atoms with Crippen LogP contribution in [0.5, 0.6) is 5.75 Å². The maximum atomic E-state index is 12.5. The number of imidazole rings is 1. The van der Waals surface area contributed by atoms with Gasteiger partial charge in [0.1, 0.15) is 5.75 Å². The lowest BCUT2D eigenvalue weighted by Gasteiger charge is -2.09. The van der Waals surface area contributed by atoms with E-state index in [2.05, 4.69) is 15.0 Å². The number of aromatic amines is 1. The van der Waals surface area contributed by atoms with Crippen LogP contribution in [0, 0.1) is 6.92 Å². The molecule has 5 nitrogen and oxygen atoms in total. The number of rotatable bonds is 5. The highest BCUT2D eigenvalue weighted by Crippen LogP contribution is 2.22. The molecule has 0 aliphatic heterocycles. The molecule has 6 heteroatoms. The van der Waals surface area contributed by atoms with Crippen LogP contribution in [-0.2, 0) is 16.6 Å². The van der Waals surface area contributed by atoms with Crippen LogP contribution in [0.3, 0.4) is 0 Å². The third kappa shape index (κ3) is 2.87. The highest BCUT2D eigenvalue weighted by atomic mass is 32.2. The van der Waals surface area contributed by atoms with Crippen molar-refractivity contribution in [3.05, 3.63) is 47.8 Å². The monoisotopic (exact) mass is 315 g/mol. The molecule has 3 aromatic rings. The number of H-pyrrole nitrogens is 1. The van der Waals surface area contributed by atoms with E-state index in [-0.39, 0.29) is 0 Å². The van der Waals surface area contributed by atoms with Crippen molar-refractivity contribution in [2.24, 2.45) is 0 Å². The Morgan fingerprint density at radius 3 is 2.86 bits per heavy atom. The van der Waals surface area contributed by atoms with Crippen LogP contribution < -0.4 is 4.74 Å². The quantitative estimate of drug-likeness (QED) is 0.786. The summed E-state index contributed by atoms with van der Waals surface area (Å²) >= 11 is 0. The van der Waals surface area contributed by atoms with E-state index in [1.54, 1.807) is 6.20 Å². The predicted molar refractivity (Wildman–Crippen MR) is 86.3 cm³/mol. The van der Waals surface area contributed by atoms with E-state index in [1.807, 2.05) is 44.2 Å². The first-order valence-corrected chi connectivity index (χ1v) is 8.41. The van der Waals surface area contributed by atoms with Crippen molar-refractivity contribution in [3.63, 3.8) is 0 Å². The van der Waals surface area contributed by atoms with Crippen molar-refractivity contribution >= 4 is 21.8 Å². The van der Waals surface area contributed by atoms with E-state index >= 15 is 0 Å². The summed E-state index contributed by atoms with van der Waals surface area (Å²) in [7, 11) is -1.27. The number of pyridine rings is 1. The van der Waals surface area contributed by atoms with Crippen LogP contribution >= 0.6 is 0 Å². The van der Waals surface area contributed by atoms with Gasteiger partial charge in [0, 0.05) is 11.8 Å². The Bertz CT molecular complexity index is 796. The minimum Gasteiger partial charge on any atom is -0.493 e. The second kappa shape index (κ2) is 6.27. The van der Waals surface area contributed by atoms with Crippen molar-refractivity contribution < 1.29 is 8.95 Å². The van der Waals surface area contributed by atoms with Crippen LogP contribution in [0.25, 0.3) is 11.0 Å². The second-order valence-corrected chi connectivity index (χ2v) is 6.23. The zero-order valence-corrected chi connectivity index (χ0v) is 13.3. The zero-order valence-electron chi connectivity index (χ0n) is 12.5. The summed E-state index contributed by atoms with van der Waals surface area (Å²) in [5, 5.41) is 0.476. The molecule has 0 aliphatic carbocycles. The van der Waals surface area contributed by atoms with Crippen molar-refractivity contribution in [1.82, 2.24) is 15.0 Å².